The monoisotopic (exact) mass is 272 g/mol. The Labute approximate surface area is 98.6 Å². The molecule has 0 saturated carbocycles. The lowest BCUT2D eigenvalue weighted by Gasteiger charge is -2.24. The van der Waals surface area contributed by atoms with Crippen LogP contribution in [0, 0.1) is 0 Å². The second-order valence-corrected chi connectivity index (χ2v) is 4.78. The molecule has 0 radical (unpaired) electrons. The van der Waals surface area contributed by atoms with Crippen molar-refractivity contribution in [2.75, 3.05) is 19.6 Å². The summed E-state index contributed by atoms with van der Waals surface area (Å²) in [7, 11) is 1.98. The van der Waals surface area contributed by atoms with Gasteiger partial charge in [-0.15, -0.1) is 0 Å². The van der Waals surface area contributed by atoms with Crippen LogP contribution >= 0.6 is 15.9 Å². The molecule has 0 amide bonds. The molecule has 0 bridgehead atoms. The fraction of sp³-hybridized carbons (Fsp3) is 0.700. The predicted molar refractivity (Wildman–Crippen MR) is 63.5 cm³/mol. The van der Waals surface area contributed by atoms with Gasteiger partial charge in [0.25, 0.3) is 0 Å². The van der Waals surface area contributed by atoms with Gasteiger partial charge in [0.1, 0.15) is 4.60 Å². The fourth-order valence-corrected chi connectivity index (χ4v) is 2.60. The Morgan fingerprint density at radius 2 is 2.20 bits per heavy atom. The number of hydrogen-bond acceptors (Lipinski definition) is 3. The third-order valence-corrected chi connectivity index (χ3v) is 3.98. The number of likely N-dealkylation sites (tertiary alicyclic amines) is 1. The van der Waals surface area contributed by atoms with Crippen LogP contribution < -0.4 is 5.73 Å². The Hall–Kier alpha value is -0.390. The number of aryl methyl sites for hydroxylation is 1. The fourth-order valence-electron chi connectivity index (χ4n) is 2.14. The van der Waals surface area contributed by atoms with Gasteiger partial charge in [-0.2, -0.15) is 0 Å². The zero-order chi connectivity index (χ0) is 10.8. The van der Waals surface area contributed by atoms with E-state index in [1.807, 2.05) is 17.9 Å². The molecule has 4 nitrogen and oxygen atoms in total. The molecule has 1 fully saturated rings. The van der Waals surface area contributed by atoms with Gasteiger partial charge in [0.15, 0.2) is 0 Å². The van der Waals surface area contributed by atoms with Crippen LogP contribution in [-0.2, 0) is 7.05 Å². The normalized spacial score (nSPS) is 19.7. The second kappa shape index (κ2) is 4.63. The predicted octanol–water partition coefficient (Wildman–Crippen LogP) is 1.28. The Balaban J connectivity index is 2.22. The van der Waals surface area contributed by atoms with Crippen LogP contribution in [0.4, 0.5) is 0 Å². The van der Waals surface area contributed by atoms with Crippen LogP contribution in [0.5, 0.6) is 0 Å². The minimum atomic E-state index is 0.267. The highest BCUT2D eigenvalue weighted by atomic mass is 79.9. The van der Waals surface area contributed by atoms with Gasteiger partial charge < -0.3 is 10.3 Å². The third-order valence-electron chi connectivity index (χ3n) is 3.01. The first kappa shape index (κ1) is 11.1. The smallest absolute Gasteiger partial charge is 0.109 e. The van der Waals surface area contributed by atoms with Gasteiger partial charge in [-0.1, -0.05) is 0 Å². The number of nitrogens with zero attached hydrogens (tertiary/aromatic N) is 3. The maximum absolute atomic E-state index is 5.85. The molecule has 1 unspecified atom stereocenters. The Morgan fingerprint density at radius 3 is 2.67 bits per heavy atom. The molecule has 2 N–H and O–H groups in total. The lowest BCUT2D eigenvalue weighted by molar-refractivity contribution is 0.246. The molecule has 5 heteroatoms. The Kier molecular flexibility index (Phi) is 3.43. The maximum Gasteiger partial charge on any atom is 0.109 e. The average molecular weight is 273 g/mol. The zero-order valence-electron chi connectivity index (χ0n) is 8.99. The van der Waals surface area contributed by atoms with Crippen molar-refractivity contribution in [3.8, 4) is 0 Å². The number of rotatable bonds is 3. The van der Waals surface area contributed by atoms with Crippen molar-refractivity contribution in [3.63, 3.8) is 0 Å². The second-order valence-electron chi connectivity index (χ2n) is 4.03. The zero-order valence-corrected chi connectivity index (χ0v) is 10.6. The van der Waals surface area contributed by atoms with Gasteiger partial charge in [0.2, 0.25) is 0 Å². The molecule has 0 spiro atoms. The van der Waals surface area contributed by atoms with Crippen molar-refractivity contribution < 1.29 is 0 Å². The molecular formula is C10H17BrN4. The summed E-state index contributed by atoms with van der Waals surface area (Å²) >= 11 is 3.56. The van der Waals surface area contributed by atoms with E-state index in [0.717, 1.165) is 23.4 Å². The molecule has 1 aliphatic rings. The van der Waals surface area contributed by atoms with Gasteiger partial charge in [-0.25, -0.2) is 4.98 Å². The largest absolute Gasteiger partial charge is 0.329 e. The van der Waals surface area contributed by atoms with E-state index in [1.165, 1.54) is 12.8 Å². The van der Waals surface area contributed by atoms with Gasteiger partial charge in [0, 0.05) is 13.6 Å². The molecule has 1 aliphatic heterocycles. The third kappa shape index (κ3) is 2.09. The molecule has 0 aromatic carbocycles. The number of aromatic nitrogens is 2. The highest BCUT2D eigenvalue weighted by molar-refractivity contribution is 9.10. The van der Waals surface area contributed by atoms with E-state index in [4.69, 9.17) is 5.73 Å². The Bertz CT molecular complexity index is 330. The van der Waals surface area contributed by atoms with Crippen molar-refractivity contribution in [3.05, 3.63) is 16.6 Å². The lowest BCUT2D eigenvalue weighted by atomic mass is 10.2. The van der Waals surface area contributed by atoms with E-state index in [0.29, 0.717) is 6.54 Å². The summed E-state index contributed by atoms with van der Waals surface area (Å²) in [4.78, 5) is 6.85. The summed E-state index contributed by atoms with van der Waals surface area (Å²) in [5.41, 5.74) is 6.92. The molecule has 1 aromatic heterocycles. The van der Waals surface area contributed by atoms with Crippen molar-refractivity contribution in [1.29, 1.82) is 0 Å². The molecule has 15 heavy (non-hydrogen) atoms. The van der Waals surface area contributed by atoms with Crippen LogP contribution in [0.25, 0.3) is 0 Å². The van der Waals surface area contributed by atoms with Gasteiger partial charge >= 0.3 is 0 Å². The van der Waals surface area contributed by atoms with E-state index >= 15 is 0 Å². The van der Waals surface area contributed by atoms with E-state index in [2.05, 4.69) is 25.8 Å². The minimum absolute atomic E-state index is 0.267. The highest BCUT2D eigenvalue weighted by Crippen LogP contribution is 2.28. The Morgan fingerprint density at radius 1 is 1.53 bits per heavy atom. The van der Waals surface area contributed by atoms with Crippen LogP contribution in [0.3, 0.4) is 0 Å². The first-order valence-electron chi connectivity index (χ1n) is 5.35. The van der Waals surface area contributed by atoms with Crippen LogP contribution in [-0.4, -0.2) is 34.1 Å². The number of halogens is 1. The maximum atomic E-state index is 5.85. The molecule has 0 aliphatic carbocycles. The minimum Gasteiger partial charge on any atom is -0.329 e. The molecule has 1 atom stereocenters. The highest BCUT2D eigenvalue weighted by Gasteiger charge is 2.25. The molecular weight excluding hydrogens is 256 g/mol. The summed E-state index contributed by atoms with van der Waals surface area (Å²) in [6.45, 7) is 2.92. The number of imidazole rings is 1. The van der Waals surface area contributed by atoms with E-state index < -0.39 is 0 Å². The molecule has 2 heterocycles. The summed E-state index contributed by atoms with van der Waals surface area (Å²) in [5, 5.41) is 0. The van der Waals surface area contributed by atoms with Crippen molar-refractivity contribution in [2.45, 2.75) is 18.9 Å². The van der Waals surface area contributed by atoms with Crippen LogP contribution in [0.2, 0.25) is 0 Å². The summed E-state index contributed by atoms with van der Waals surface area (Å²) in [5.74, 6) is 0. The summed E-state index contributed by atoms with van der Waals surface area (Å²) in [6, 6.07) is 0.267. The van der Waals surface area contributed by atoms with Crippen molar-refractivity contribution in [1.82, 2.24) is 14.5 Å². The molecule has 1 saturated heterocycles. The standard InChI is InChI=1S/C10H17BrN4/c1-14-7-13-9(10(14)11)8(6-12)15-4-2-3-5-15/h7-8H,2-6,12H2,1H3. The first-order chi connectivity index (χ1) is 7.24. The SMILES string of the molecule is Cn1cnc(C(CN)N2CCCC2)c1Br. The average Bonchev–Trinajstić information content (AvgIpc) is 2.84. The topological polar surface area (TPSA) is 47.1 Å². The number of nitrogens with two attached hydrogens (primary N) is 1. The molecule has 2 rings (SSSR count). The summed E-state index contributed by atoms with van der Waals surface area (Å²) < 4.78 is 3.03. The number of hydrogen-bond donors (Lipinski definition) is 1. The molecule has 84 valence electrons. The van der Waals surface area contributed by atoms with Crippen LogP contribution in [0.15, 0.2) is 10.9 Å². The van der Waals surface area contributed by atoms with Crippen molar-refractivity contribution >= 4 is 15.9 Å². The van der Waals surface area contributed by atoms with Gasteiger partial charge in [-0.05, 0) is 41.9 Å². The van der Waals surface area contributed by atoms with E-state index in [-0.39, 0.29) is 6.04 Å². The van der Waals surface area contributed by atoms with Crippen LogP contribution in [0.1, 0.15) is 24.6 Å². The molecule has 1 aromatic rings. The first-order valence-corrected chi connectivity index (χ1v) is 6.14. The quantitative estimate of drug-likeness (QED) is 0.902. The van der Waals surface area contributed by atoms with Gasteiger partial charge in [0.05, 0.1) is 18.1 Å². The van der Waals surface area contributed by atoms with E-state index in [1.54, 1.807) is 0 Å². The summed E-state index contributed by atoms with van der Waals surface area (Å²) in [6.07, 6.45) is 4.39. The van der Waals surface area contributed by atoms with Crippen molar-refractivity contribution in [2.24, 2.45) is 12.8 Å². The lowest BCUT2D eigenvalue weighted by Crippen LogP contribution is -2.31. The van der Waals surface area contributed by atoms with Gasteiger partial charge in [-0.3, -0.25) is 4.90 Å². The van der Waals surface area contributed by atoms with E-state index in [9.17, 15) is 0 Å².